The van der Waals surface area contributed by atoms with Crippen LogP contribution in [0.1, 0.15) is 13.8 Å². The molecule has 0 N–H and O–H groups in total. The van der Waals surface area contributed by atoms with Crippen LogP contribution in [0.4, 0.5) is 0 Å². The molecule has 0 aromatic heterocycles. The van der Waals surface area contributed by atoms with Gasteiger partial charge in [0.05, 0.1) is 6.61 Å². The molecule has 0 aliphatic heterocycles. The molecular formula is C6H9N3O2. The van der Waals surface area contributed by atoms with Gasteiger partial charge in [0.25, 0.3) is 0 Å². The first-order valence-electron chi connectivity index (χ1n) is 3.10. The minimum Gasteiger partial charge on any atom is -0.463 e. The van der Waals surface area contributed by atoms with Gasteiger partial charge in [-0.3, -0.25) is 0 Å². The maximum atomic E-state index is 10.8. The average Bonchev–Trinajstić information content (AvgIpc) is 2.00. The number of azide groups is 1. The molecule has 0 unspecified atom stereocenters. The topological polar surface area (TPSA) is 75.1 Å². The van der Waals surface area contributed by atoms with Crippen molar-refractivity contribution in [3.05, 3.63) is 22.2 Å². The van der Waals surface area contributed by atoms with Gasteiger partial charge >= 0.3 is 5.97 Å². The van der Waals surface area contributed by atoms with E-state index >= 15 is 0 Å². The zero-order chi connectivity index (χ0) is 8.69. The summed E-state index contributed by atoms with van der Waals surface area (Å²) in [6.07, 6.45) is 1.12. The Balaban J connectivity index is 4.11. The maximum absolute atomic E-state index is 10.8. The summed E-state index contributed by atoms with van der Waals surface area (Å²) in [5.41, 5.74) is 8.18. The fourth-order valence-corrected chi connectivity index (χ4v) is 0.410. The monoisotopic (exact) mass is 155 g/mol. The van der Waals surface area contributed by atoms with E-state index < -0.39 is 5.97 Å². The van der Waals surface area contributed by atoms with Crippen LogP contribution in [0.15, 0.2) is 16.9 Å². The van der Waals surface area contributed by atoms with Gasteiger partial charge in [0.1, 0.15) is 0 Å². The molecule has 0 aliphatic carbocycles. The van der Waals surface area contributed by atoms with E-state index in [2.05, 4.69) is 14.8 Å². The molecule has 60 valence electrons. The van der Waals surface area contributed by atoms with E-state index in [0.29, 0.717) is 12.2 Å². The second kappa shape index (κ2) is 5.32. The second-order valence-electron chi connectivity index (χ2n) is 1.74. The molecule has 0 amide bonds. The standard InChI is InChI=1S/C6H9N3O2/c1-3-11-6(10)5(2)4-8-9-7/h4H,3H2,1-2H3. The number of carbonyl (C=O) groups excluding carboxylic acids is 1. The quantitative estimate of drug-likeness (QED) is 0.205. The van der Waals surface area contributed by atoms with Gasteiger partial charge in [-0.1, -0.05) is 5.11 Å². The van der Waals surface area contributed by atoms with Gasteiger partial charge < -0.3 is 4.74 Å². The highest BCUT2D eigenvalue weighted by molar-refractivity contribution is 5.87. The van der Waals surface area contributed by atoms with Crippen LogP contribution in [0, 0.1) is 0 Å². The van der Waals surface area contributed by atoms with Crippen LogP contribution in [0.2, 0.25) is 0 Å². The van der Waals surface area contributed by atoms with E-state index in [1.54, 1.807) is 6.92 Å². The minimum atomic E-state index is -0.458. The molecule has 0 aromatic rings. The molecule has 0 rings (SSSR count). The highest BCUT2D eigenvalue weighted by Gasteiger charge is 2.01. The summed E-state index contributed by atoms with van der Waals surface area (Å²) < 4.78 is 4.61. The number of hydrogen-bond donors (Lipinski definition) is 0. The molecule has 0 fully saturated rings. The van der Waals surface area contributed by atoms with Gasteiger partial charge in [0, 0.05) is 16.7 Å². The molecule has 11 heavy (non-hydrogen) atoms. The average molecular weight is 155 g/mol. The van der Waals surface area contributed by atoms with Crippen molar-refractivity contribution in [1.29, 1.82) is 0 Å². The first-order valence-corrected chi connectivity index (χ1v) is 3.10. The number of rotatable bonds is 3. The number of carbonyl (C=O) groups is 1. The molecule has 0 heterocycles. The predicted molar refractivity (Wildman–Crippen MR) is 39.5 cm³/mol. The fourth-order valence-electron chi connectivity index (χ4n) is 0.410. The molecule has 0 radical (unpaired) electrons. The molecule has 0 bridgehead atoms. The van der Waals surface area contributed by atoms with Gasteiger partial charge in [-0.15, -0.1) is 0 Å². The van der Waals surface area contributed by atoms with Crippen LogP contribution < -0.4 is 0 Å². The molecule has 0 aliphatic rings. The van der Waals surface area contributed by atoms with Crippen molar-refractivity contribution in [2.75, 3.05) is 6.61 Å². The van der Waals surface area contributed by atoms with E-state index in [9.17, 15) is 4.79 Å². The number of esters is 1. The Bertz CT molecular complexity index is 216. The number of hydrogen-bond acceptors (Lipinski definition) is 3. The normalized spacial score (nSPS) is 10.2. The summed E-state index contributed by atoms with van der Waals surface area (Å²) in [6.45, 7) is 3.55. The van der Waals surface area contributed by atoms with Crippen molar-refractivity contribution in [3.8, 4) is 0 Å². The fraction of sp³-hybridized carbons (Fsp3) is 0.500. The van der Waals surface area contributed by atoms with Crippen molar-refractivity contribution in [3.63, 3.8) is 0 Å². The number of nitrogens with zero attached hydrogens (tertiary/aromatic N) is 3. The molecule has 0 spiro atoms. The highest BCUT2D eigenvalue weighted by atomic mass is 16.5. The summed E-state index contributed by atoms with van der Waals surface area (Å²) in [6, 6.07) is 0. The van der Waals surface area contributed by atoms with Crippen molar-refractivity contribution in [1.82, 2.24) is 0 Å². The van der Waals surface area contributed by atoms with Crippen molar-refractivity contribution >= 4 is 5.97 Å². The maximum Gasteiger partial charge on any atom is 0.333 e. The van der Waals surface area contributed by atoms with E-state index in [-0.39, 0.29) is 0 Å². The summed E-state index contributed by atoms with van der Waals surface area (Å²) in [4.78, 5) is 13.2. The Morgan fingerprint density at radius 3 is 2.91 bits per heavy atom. The number of ether oxygens (including phenoxy) is 1. The van der Waals surface area contributed by atoms with Crippen LogP contribution in [0.5, 0.6) is 0 Å². The Labute approximate surface area is 64.3 Å². The predicted octanol–water partition coefficient (Wildman–Crippen LogP) is 1.76. The zero-order valence-electron chi connectivity index (χ0n) is 6.44. The molecule has 5 nitrogen and oxygen atoms in total. The van der Waals surface area contributed by atoms with Gasteiger partial charge in [-0.05, 0) is 19.4 Å². The smallest absolute Gasteiger partial charge is 0.333 e. The molecule has 0 aromatic carbocycles. The third-order valence-corrected chi connectivity index (χ3v) is 0.900. The van der Waals surface area contributed by atoms with Crippen molar-refractivity contribution in [2.24, 2.45) is 5.11 Å². The zero-order valence-corrected chi connectivity index (χ0v) is 6.44. The molecule has 0 saturated carbocycles. The summed E-state index contributed by atoms with van der Waals surface area (Å²) >= 11 is 0. The van der Waals surface area contributed by atoms with Crippen LogP contribution in [-0.2, 0) is 9.53 Å². The van der Waals surface area contributed by atoms with E-state index in [4.69, 9.17) is 5.53 Å². The van der Waals surface area contributed by atoms with Gasteiger partial charge in [-0.2, -0.15) is 0 Å². The van der Waals surface area contributed by atoms with E-state index in [1.165, 1.54) is 6.92 Å². The van der Waals surface area contributed by atoms with E-state index in [1.807, 2.05) is 0 Å². The van der Waals surface area contributed by atoms with Gasteiger partial charge in [-0.25, -0.2) is 4.79 Å². The lowest BCUT2D eigenvalue weighted by Gasteiger charge is -1.98. The minimum absolute atomic E-state index is 0.296. The Hall–Kier alpha value is -1.48. The molecule has 0 atom stereocenters. The molecular weight excluding hydrogens is 146 g/mol. The third-order valence-electron chi connectivity index (χ3n) is 0.900. The lowest BCUT2D eigenvalue weighted by Crippen LogP contribution is -2.04. The van der Waals surface area contributed by atoms with Crippen LogP contribution in [-0.4, -0.2) is 12.6 Å². The van der Waals surface area contributed by atoms with E-state index in [0.717, 1.165) is 6.20 Å². The van der Waals surface area contributed by atoms with Crippen molar-refractivity contribution in [2.45, 2.75) is 13.8 Å². The lowest BCUT2D eigenvalue weighted by atomic mass is 10.3. The largest absolute Gasteiger partial charge is 0.463 e. The summed E-state index contributed by atoms with van der Waals surface area (Å²) in [7, 11) is 0. The van der Waals surface area contributed by atoms with Crippen LogP contribution in [0.25, 0.3) is 10.4 Å². The van der Waals surface area contributed by atoms with Crippen LogP contribution >= 0.6 is 0 Å². The third kappa shape index (κ3) is 4.00. The molecule has 5 heteroatoms. The lowest BCUT2D eigenvalue weighted by molar-refractivity contribution is -0.138. The first kappa shape index (κ1) is 9.52. The molecule has 0 saturated heterocycles. The Morgan fingerprint density at radius 2 is 2.45 bits per heavy atom. The highest BCUT2D eigenvalue weighted by Crippen LogP contribution is 1.96. The Morgan fingerprint density at radius 1 is 1.82 bits per heavy atom. The Kier molecular flexibility index (Phi) is 4.60. The van der Waals surface area contributed by atoms with Gasteiger partial charge in [0.15, 0.2) is 0 Å². The van der Waals surface area contributed by atoms with Crippen molar-refractivity contribution < 1.29 is 9.53 Å². The second-order valence-corrected chi connectivity index (χ2v) is 1.74. The summed E-state index contributed by atoms with van der Waals surface area (Å²) in [5.74, 6) is -0.458. The summed E-state index contributed by atoms with van der Waals surface area (Å²) in [5, 5.41) is 3.09. The SMILES string of the molecule is CCOC(=O)C(C)=CN=[N+]=[N-]. The van der Waals surface area contributed by atoms with Gasteiger partial charge in [0.2, 0.25) is 0 Å². The first-order chi connectivity index (χ1) is 5.22. The van der Waals surface area contributed by atoms with Crippen LogP contribution in [0.3, 0.4) is 0 Å².